The molecule has 0 radical (unpaired) electrons. The fourth-order valence-corrected chi connectivity index (χ4v) is 4.49. The first kappa shape index (κ1) is 19.1. The van der Waals surface area contributed by atoms with Crippen LogP contribution in [0.25, 0.3) is 10.8 Å². The number of nitrogens with one attached hydrogen (secondary N) is 1. The smallest absolute Gasteiger partial charge is 0.352 e. The van der Waals surface area contributed by atoms with Crippen LogP contribution in [-0.4, -0.2) is 51.6 Å². The van der Waals surface area contributed by atoms with E-state index in [1.165, 1.54) is 11.8 Å². The zero-order valence-corrected chi connectivity index (χ0v) is 16.1. The quantitative estimate of drug-likeness (QED) is 0.670. The van der Waals surface area contributed by atoms with E-state index in [1.807, 2.05) is 37.3 Å². The van der Waals surface area contributed by atoms with Gasteiger partial charge in [0.2, 0.25) is 5.91 Å². The maximum absolute atomic E-state index is 12.6. The van der Waals surface area contributed by atoms with Crippen molar-refractivity contribution in [1.82, 2.24) is 10.2 Å². The van der Waals surface area contributed by atoms with Crippen molar-refractivity contribution in [2.24, 2.45) is 11.8 Å². The molecule has 1 fully saturated rings. The predicted octanol–water partition coefficient (Wildman–Crippen LogP) is 1.77. The number of carboxylic acids is 1. The summed E-state index contributed by atoms with van der Waals surface area (Å²) in [6.07, 6.45) is -0.854. The lowest BCUT2D eigenvalue weighted by Gasteiger charge is -2.46. The van der Waals surface area contributed by atoms with E-state index in [1.54, 1.807) is 12.1 Å². The molecule has 0 spiro atoms. The van der Waals surface area contributed by atoms with E-state index in [0.717, 1.165) is 10.8 Å². The molecule has 3 N–H and O–H groups in total. The van der Waals surface area contributed by atoms with Crippen LogP contribution in [0.1, 0.15) is 24.2 Å². The summed E-state index contributed by atoms with van der Waals surface area (Å²) in [6.45, 7) is 3.39. The van der Waals surface area contributed by atoms with E-state index in [4.69, 9.17) is 0 Å². The normalized spacial score (nSPS) is 24.3. The number of carboxylic acid groups (broad SMARTS) is 1. The molecule has 1 saturated heterocycles. The molecule has 7 nitrogen and oxygen atoms in total. The molecular weight excluding hydrogens is 372 g/mol. The molecule has 2 aromatic carbocycles. The van der Waals surface area contributed by atoms with E-state index < -0.39 is 18.0 Å². The Balaban J connectivity index is 1.55. The number of rotatable bonds is 5. The first-order valence-electron chi connectivity index (χ1n) is 9.55. The third-order valence-electron chi connectivity index (χ3n) is 5.97. The Hall–Kier alpha value is -3.19. The van der Waals surface area contributed by atoms with Gasteiger partial charge >= 0.3 is 5.97 Å². The molecular formula is C22H22N2O5. The van der Waals surface area contributed by atoms with Gasteiger partial charge in [-0.1, -0.05) is 37.3 Å². The number of aliphatic hydroxyl groups excluding tert-OH is 1. The summed E-state index contributed by atoms with van der Waals surface area (Å²) in [5, 5.41) is 24.3. The summed E-state index contributed by atoms with van der Waals surface area (Å²) in [7, 11) is 0. The number of carbonyl (C=O) groups is 3. The third-order valence-corrected chi connectivity index (χ3v) is 5.97. The van der Waals surface area contributed by atoms with Gasteiger partial charge in [-0.05, 0) is 35.4 Å². The number of nitrogens with zero attached hydrogens (tertiary/aromatic N) is 1. The second-order valence-corrected chi connectivity index (χ2v) is 7.68. The average molecular weight is 394 g/mol. The number of hydrogen-bond acceptors (Lipinski definition) is 4. The van der Waals surface area contributed by atoms with Crippen LogP contribution in [0.5, 0.6) is 0 Å². The molecule has 2 aliphatic heterocycles. The molecule has 2 aliphatic rings. The number of aliphatic carboxylic acids is 1. The van der Waals surface area contributed by atoms with Crippen LogP contribution in [0, 0.1) is 11.8 Å². The van der Waals surface area contributed by atoms with E-state index >= 15 is 0 Å². The fourth-order valence-electron chi connectivity index (χ4n) is 4.49. The highest BCUT2D eigenvalue weighted by Crippen LogP contribution is 2.46. The van der Waals surface area contributed by atoms with Crippen molar-refractivity contribution in [3.63, 3.8) is 0 Å². The number of fused-ring (bicyclic) bond motifs is 2. The molecule has 2 amide bonds. The van der Waals surface area contributed by atoms with Crippen molar-refractivity contribution in [3.8, 4) is 0 Å². The summed E-state index contributed by atoms with van der Waals surface area (Å²) in [4.78, 5) is 38.1. The standard InChI is InChI=1S/C22H22N2O5/c1-11-16(19(22(28)29)24-18(11)17(12(2)25)21(24)27)10-23-20(26)15-8-7-13-5-3-4-6-14(13)9-15/h3-9,11-12,17-18,25H,10H2,1-2H3,(H,23,26)(H,28,29)/t11-,12+,17+,18+/m0/s1. The van der Waals surface area contributed by atoms with Crippen molar-refractivity contribution in [2.75, 3.05) is 6.54 Å². The molecule has 0 bridgehead atoms. The van der Waals surface area contributed by atoms with Gasteiger partial charge < -0.3 is 20.4 Å². The van der Waals surface area contributed by atoms with Crippen LogP contribution in [-0.2, 0) is 9.59 Å². The zero-order chi connectivity index (χ0) is 20.9. The molecule has 4 atom stereocenters. The summed E-state index contributed by atoms with van der Waals surface area (Å²) in [5.41, 5.74) is 0.893. The Morgan fingerprint density at radius 3 is 2.52 bits per heavy atom. The van der Waals surface area contributed by atoms with Gasteiger partial charge in [-0.25, -0.2) is 4.79 Å². The minimum absolute atomic E-state index is 0.0290. The van der Waals surface area contributed by atoms with Crippen molar-refractivity contribution in [3.05, 3.63) is 59.3 Å². The van der Waals surface area contributed by atoms with Gasteiger partial charge in [0.25, 0.3) is 5.91 Å². The average Bonchev–Trinajstić information content (AvgIpc) is 2.94. The zero-order valence-electron chi connectivity index (χ0n) is 16.1. The van der Waals surface area contributed by atoms with Gasteiger partial charge in [0.1, 0.15) is 5.70 Å². The topological polar surface area (TPSA) is 107 Å². The highest BCUT2D eigenvalue weighted by molar-refractivity contribution is 6.01. The van der Waals surface area contributed by atoms with Gasteiger partial charge in [-0.2, -0.15) is 0 Å². The summed E-state index contributed by atoms with van der Waals surface area (Å²) >= 11 is 0. The van der Waals surface area contributed by atoms with Crippen molar-refractivity contribution < 1.29 is 24.6 Å². The lowest BCUT2D eigenvalue weighted by Crippen LogP contribution is -2.63. The molecule has 7 heteroatoms. The maximum atomic E-state index is 12.6. The highest BCUT2D eigenvalue weighted by Gasteiger charge is 2.59. The molecule has 4 rings (SSSR count). The predicted molar refractivity (Wildman–Crippen MR) is 106 cm³/mol. The lowest BCUT2D eigenvalue weighted by molar-refractivity contribution is -0.163. The number of β-lactam (4-membered cyclic amide) rings is 1. The van der Waals surface area contributed by atoms with Crippen LogP contribution in [0.15, 0.2) is 53.7 Å². The first-order chi connectivity index (χ1) is 13.8. The van der Waals surface area contributed by atoms with Gasteiger partial charge in [0, 0.05) is 18.0 Å². The Morgan fingerprint density at radius 1 is 1.17 bits per heavy atom. The minimum Gasteiger partial charge on any atom is -0.477 e. The molecule has 0 aliphatic carbocycles. The Morgan fingerprint density at radius 2 is 1.86 bits per heavy atom. The largest absolute Gasteiger partial charge is 0.477 e. The van der Waals surface area contributed by atoms with Crippen LogP contribution in [0.3, 0.4) is 0 Å². The van der Waals surface area contributed by atoms with E-state index in [9.17, 15) is 24.6 Å². The van der Waals surface area contributed by atoms with E-state index in [0.29, 0.717) is 11.1 Å². The van der Waals surface area contributed by atoms with Crippen molar-refractivity contribution in [1.29, 1.82) is 0 Å². The van der Waals surface area contributed by atoms with Gasteiger partial charge in [0.05, 0.1) is 18.1 Å². The minimum atomic E-state index is -1.20. The Bertz CT molecular complexity index is 1060. The number of carbonyl (C=O) groups excluding carboxylic acids is 2. The molecule has 2 heterocycles. The summed E-state index contributed by atoms with van der Waals surface area (Å²) < 4.78 is 0. The Kier molecular flexibility index (Phi) is 4.62. The van der Waals surface area contributed by atoms with Crippen LogP contribution < -0.4 is 5.32 Å². The van der Waals surface area contributed by atoms with E-state index in [-0.39, 0.29) is 36.0 Å². The molecule has 29 heavy (non-hydrogen) atoms. The number of hydrogen-bond donors (Lipinski definition) is 3. The molecule has 0 unspecified atom stereocenters. The fraction of sp³-hybridized carbons (Fsp3) is 0.318. The number of benzene rings is 2. The summed E-state index contributed by atoms with van der Waals surface area (Å²) in [6, 6.07) is 12.7. The monoisotopic (exact) mass is 394 g/mol. The van der Waals surface area contributed by atoms with Crippen molar-refractivity contribution in [2.45, 2.75) is 26.0 Å². The molecule has 150 valence electrons. The maximum Gasteiger partial charge on any atom is 0.352 e. The lowest BCUT2D eigenvalue weighted by atomic mass is 9.78. The van der Waals surface area contributed by atoms with Gasteiger partial charge in [0.15, 0.2) is 0 Å². The Labute approximate surface area is 167 Å². The second-order valence-electron chi connectivity index (χ2n) is 7.68. The molecule has 2 aromatic rings. The second kappa shape index (κ2) is 7.00. The van der Waals surface area contributed by atoms with Crippen LogP contribution in [0.4, 0.5) is 0 Å². The third kappa shape index (κ3) is 2.98. The molecule has 0 saturated carbocycles. The van der Waals surface area contributed by atoms with E-state index in [2.05, 4.69) is 5.32 Å². The van der Waals surface area contributed by atoms with Crippen molar-refractivity contribution >= 4 is 28.6 Å². The van der Waals surface area contributed by atoms with Gasteiger partial charge in [-0.3, -0.25) is 9.59 Å². The number of amides is 2. The molecule has 0 aromatic heterocycles. The number of aliphatic hydroxyl groups is 1. The van der Waals surface area contributed by atoms with Crippen LogP contribution >= 0.6 is 0 Å². The highest BCUT2D eigenvalue weighted by atomic mass is 16.4. The SMILES string of the molecule is C[C@@H](O)[C@H]1C(=O)N2C(C(=O)O)=C(CNC(=O)c3ccc4ccccc4c3)[C@H](C)[C@H]12. The summed E-state index contributed by atoms with van der Waals surface area (Å²) in [5.74, 6) is -2.78. The first-order valence-corrected chi connectivity index (χ1v) is 9.55. The van der Waals surface area contributed by atoms with Crippen LogP contribution in [0.2, 0.25) is 0 Å². The van der Waals surface area contributed by atoms with Gasteiger partial charge in [-0.15, -0.1) is 0 Å².